The minimum atomic E-state index is -4.71. The van der Waals surface area contributed by atoms with Crippen LogP contribution in [0.25, 0.3) is 0 Å². The van der Waals surface area contributed by atoms with E-state index in [2.05, 4.69) is 4.74 Å². The molecule has 2 aromatic rings. The first-order valence-corrected chi connectivity index (χ1v) is 5.59. The van der Waals surface area contributed by atoms with Gasteiger partial charge in [0, 0.05) is 0 Å². The van der Waals surface area contributed by atoms with Crippen LogP contribution < -0.4 is 10.5 Å². The second-order valence-corrected chi connectivity index (χ2v) is 4.11. The van der Waals surface area contributed by atoms with E-state index in [4.69, 9.17) is 21.8 Å². The zero-order chi connectivity index (χ0) is 14.0. The summed E-state index contributed by atoms with van der Waals surface area (Å²) in [6, 6.07) is 7.78. The summed E-state index contributed by atoms with van der Waals surface area (Å²) in [5, 5.41) is 0.197. The van der Waals surface area contributed by atoms with Gasteiger partial charge in [0.15, 0.2) is 5.22 Å². The molecule has 0 radical (unpaired) electrons. The molecule has 0 amide bonds. The van der Waals surface area contributed by atoms with Crippen LogP contribution in [0.5, 0.6) is 5.75 Å². The molecule has 1 heterocycles. The molecule has 8 heteroatoms. The Kier molecular flexibility index (Phi) is 5.33. The van der Waals surface area contributed by atoms with E-state index in [9.17, 15) is 13.2 Å². The second-order valence-electron chi connectivity index (χ2n) is 3.74. The average molecular weight is 328 g/mol. The highest BCUT2D eigenvalue weighted by Gasteiger charge is 2.31. The molecule has 0 aliphatic carbocycles. The fourth-order valence-corrected chi connectivity index (χ4v) is 1.69. The molecule has 1 aromatic carbocycles. The van der Waals surface area contributed by atoms with Gasteiger partial charge in [-0.2, -0.15) is 0 Å². The van der Waals surface area contributed by atoms with Crippen molar-refractivity contribution >= 4 is 24.0 Å². The van der Waals surface area contributed by atoms with Crippen molar-refractivity contribution in [2.75, 3.05) is 0 Å². The lowest BCUT2D eigenvalue weighted by Gasteiger charge is -2.12. The van der Waals surface area contributed by atoms with Gasteiger partial charge in [-0.25, -0.2) is 0 Å². The van der Waals surface area contributed by atoms with E-state index in [1.807, 2.05) is 0 Å². The molecule has 0 aliphatic heterocycles. The van der Waals surface area contributed by atoms with Crippen LogP contribution in [0.1, 0.15) is 17.4 Å². The van der Waals surface area contributed by atoms with Gasteiger partial charge in [0.25, 0.3) is 0 Å². The SMILES string of the molecule is Cl.N[C@@H](c1ccc(OC(F)(F)F)cc1)c1ccc(Cl)o1. The highest BCUT2D eigenvalue weighted by atomic mass is 35.5. The third-order valence-electron chi connectivity index (χ3n) is 2.37. The summed E-state index contributed by atoms with van der Waals surface area (Å²) in [6.07, 6.45) is -4.71. The molecular formula is C12H10Cl2F3NO2. The zero-order valence-electron chi connectivity index (χ0n) is 9.86. The van der Waals surface area contributed by atoms with Crippen LogP contribution in [-0.2, 0) is 0 Å². The van der Waals surface area contributed by atoms with E-state index in [1.54, 1.807) is 6.07 Å². The normalized spacial score (nSPS) is 12.7. The molecule has 1 atom stereocenters. The summed E-state index contributed by atoms with van der Waals surface area (Å²) < 4.78 is 44.9. The molecule has 3 nitrogen and oxygen atoms in total. The molecular weight excluding hydrogens is 318 g/mol. The van der Waals surface area contributed by atoms with Gasteiger partial charge in [-0.15, -0.1) is 25.6 Å². The minimum absolute atomic E-state index is 0. The topological polar surface area (TPSA) is 48.4 Å². The molecule has 2 N–H and O–H groups in total. The molecule has 0 saturated carbocycles. The first-order valence-electron chi connectivity index (χ1n) is 5.22. The standard InChI is InChI=1S/C12H9ClF3NO2.ClH/c13-10-6-5-9(18-10)11(17)7-1-3-8(4-2-7)19-12(14,15)16;/h1-6,11H,17H2;1H/t11-;/m0./s1. The Morgan fingerprint density at radius 3 is 2.15 bits per heavy atom. The van der Waals surface area contributed by atoms with Crippen molar-refractivity contribution in [3.63, 3.8) is 0 Å². The molecule has 0 spiro atoms. The first-order chi connectivity index (χ1) is 8.85. The highest BCUT2D eigenvalue weighted by molar-refractivity contribution is 6.28. The maximum absolute atomic E-state index is 12.0. The Morgan fingerprint density at radius 1 is 1.10 bits per heavy atom. The van der Waals surface area contributed by atoms with Crippen LogP contribution in [0, 0.1) is 0 Å². The summed E-state index contributed by atoms with van der Waals surface area (Å²) in [6.45, 7) is 0. The van der Waals surface area contributed by atoms with E-state index in [-0.39, 0.29) is 23.4 Å². The monoisotopic (exact) mass is 327 g/mol. The lowest BCUT2D eigenvalue weighted by molar-refractivity contribution is -0.274. The maximum atomic E-state index is 12.0. The molecule has 0 unspecified atom stereocenters. The third kappa shape index (κ3) is 4.33. The van der Waals surface area contributed by atoms with Crippen molar-refractivity contribution < 1.29 is 22.3 Å². The minimum Gasteiger partial charge on any atom is -0.448 e. The first kappa shape index (κ1) is 16.7. The third-order valence-corrected chi connectivity index (χ3v) is 2.58. The molecule has 0 bridgehead atoms. The number of hydrogen-bond acceptors (Lipinski definition) is 3. The number of ether oxygens (including phenoxy) is 1. The fraction of sp³-hybridized carbons (Fsp3) is 0.167. The number of halogens is 5. The predicted octanol–water partition coefficient (Wildman–Crippen LogP) is 4.30. The van der Waals surface area contributed by atoms with Crippen molar-refractivity contribution in [1.82, 2.24) is 0 Å². The number of furan rings is 1. The van der Waals surface area contributed by atoms with Gasteiger partial charge in [0.05, 0.1) is 6.04 Å². The van der Waals surface area contributed by atoms with Crippen LogP contribution >= 0.6 is 24.0 Å². The smallest absolute Gasteiger partial charge is 0.448 e. The zero-order valence-corrected chi connectivity index (χ0v) is 11.4. The quantitative estimate of drug-likeness (QED) is 0.914. The largest absolute Gasteiger partial charge is 0.573 e. The lowest BCUT2D eigenvalue weighted by atomic mass is 10.1. The highest BCUT2D eigenvalue weighted by Crippen LogP contribution is 2.27. The summed E-state index contributed by atoms with van der Waals surface area (Å²) in [5.74, 6) is 0.121. The van der Waals surface area contributed by atoms with Crippen LogP contribution in [0.15, 0.2) is 40.8 Å². The predicted molar refractivity (Wildman–Crippen MR) is 70.1 cm³/mol. The number of alkyl halides is 3. The van der Waals surface area contributed by atoms with Crippen molar-refractivity contribution in [2.24, 2.45) is 5.73 Å². The van der Waals surface area contributed by atoms with Crippen LogP contribution in [0.4, 0.5) is 13.2 Å². The molecule has 110 valence electrons. The molecule has 0 saturated heterocycles. The van der Waals surface area contributed by atoms with Crippen LogP contribution in [0.3, 0.4) is 0 Å². The maximum Gasteiger partial charge on any atom is 0.573 e. The summed E-state index contributed by atoms with van der Waals surface area (Å²) in [7, 11) is 0. The van der Waals surface area contributed by atoms with Crippen LogP contribution in [0.2, 0.25) is 5.22 Å². The van der Waals surface area contributed by atoms with Gasteiger partial charge in [-0.3, -0.25) is 0 Å². The number of benzene rings is 1. The Balaban J connectivity index is 0.00000200. The molecule has 20 heavy (non-hydrogen) atoms. The molecule has 2 rings (SSSR count). The second kappa shape index (κ2) is 6.39. The van der Waals surface area contributed by atoms with Crippen molar-refractivity contribution in [1.29, 1.82) is 0 Å². The summed E-state index contributed by atoms with van der Waals surface area (Å²) in [4.78, 5) is 0. The Hall–Kier alpha value is -1.37. The van der Waals surface area contributed by atoms with E-state index in [1.165, 1.54) is 30.3 Å². The fourth-order valence-electron chi connectivity index (χ4n) is 1.54. The van der Waals surface area contributed by atoms with Gasteiger partial charge < -0.3 is 14.9 Å². The average Bonchev–Trinajstić information content (AvgIpc) is 2.74. The number of hydrogen-bond donors (Lipinski definition) is 1. The Bertz CT molecular complexity index is 555. The Labute approximate surface area is 123 Å². The summed E-state index contributed by atoms with van der Waals surface area (Å²) >= 11 is 5.62. The number of rotatable bonds is 3. The summed E-state index contributed by atoms with van der Waals surface area (Å²) in [5.41, 5.74) is 6.48. The number of nitrogens with two attached hydrogens (primary N) is 1. The van der Waals surface area contributed by atoms with E-state index in [0.29, 0.717) is 11.3 Å². The lowest BCUT2D eigenvalue weighted by Crippen LogP contribution is -2.17. The van der Waals surface area contributed by atoms with Gasteiger partial charge in [-0.1, -0.05) is 12.1 Å². The van der Waals surface area contributed by atoms with Gasteiger partial charge >= 0.3 is 6.36 Å². The van der Waals surface area contributed by atoms with Crippen molar-refractivity contribution in [2.45, 2.75) is 12.4 Å². The Morgan fingerprint density at radius 2 is 1.70 bits per heavy atom. The van der Waals surface area contributed by atoms with Crippen molar-refractivity contribution in [3.05, 3.63) is 52.9 Å². The van der Waals surface area contributed by atoms with Gasteiger partial charge in [0.2, 0.25) is 0 Å². The van der Waals surface area contributed by atoms with E-state index < -0.39 is 12.4 Å². The van der Waals surface area contributed by atoms with E-state index >= 15 is 0 Å². The van der Waals surface area contributed by atoms with Crippen LogP contribution in [-0.4, -0.2) is 6.36 Å². The molecule has 1 aromatic heterocycles. The van der Waals surface area contributed by atoms with Gasteiger partial charge in [-0.05, 0) is 41.4 Å². The van der Waals surface area contributed by atoms with E-state index in [0.717, 1.165) is 0 Å². The molecule has 0 fully saturated rings. The van der Waals surface area contributed by atoms with Crippen molar-refractivity contribution in [3.8, 4) is 5.75 Å². The molecule has 0 aliphatic rings. The van der Waals surface area contributed by atoms with Gasteiger partial charge in [0.1, 0.15) is 11.5 Å².